The summed E-state index contributed by atoms with van der Waals surface area (Å²) in [5, 5.41) is 6.56. The molecule has 0 atom stereocenters. The van der Waals surface area contributed by atoms with Crippen LogP contribution >= 0.6 is 0 Å². The lowest BCUT2D eigenvalue weighted by molar-refractivity contribution is 0.320. The second-order valence-electron chi connectivity index (χ2n) is 6.18. The van der Waals surface area contributed by atoms with E-state index in [1.807, 2.05) is 18.2 Å². The van der Waals surface area contributed by atoms with E-state index in [0.29, 0.717) is 13.2 Å². The van der Waals surface area contributed by atoms with E-state index in [4.69, 9.17) is 4.74 Å². The van der Waals surface area contributed by atoms with Crippen LogP contribution in [0.15, 0.2) is 53.8 Å². The fraction of sp³-hybridized carbons (Fsp3) is 0.368. The Morgan fingerprint density at radius 2 is 2.16 bits per heavy atom. The molecule has 0 aliphatic heterocycles. The normalized spacial score (nSPS) is 15.5. The average Bonchev–Trinajstić information content (AvgIpc) is 3.43. The Morgan fingerprint density at radius 3 is 2.84 bits per heavy atom. The minimum absolute atomic E-state index is 0.0198. The molecule has 1 aliphatic carbocycles. The zero-order valence-corrected chi connectivity index (χ0v) is 14.3. The molecule has 0 radical (unpaired) electrons. The predicted molar refractivity (Wildman–Crippen MR) is 96.4 cm³/mol. The summed E-state index contributed by atoms with van der Waals surface area (Å²) in [6, 6.07) is 10.6. The number of pyridine rings is 1. The smallest absolute Gasteiger partial charge is 0.191 e. The minimum Gasteiger partial charge on any atom is -0.490 e. The Labute approximate surface area is 147 Å². The van der Waals surface area contributed by atoms with Crippen molar-refractivity contribution in [3.8, 4) is 5.75 Å². The van der Waals surface area contributed by atoms with Crippen molar-refractivity contribution in [3.05, 3.63) is 60.2 Å². The molecule has 25 heavy (non-hydrogen) atoms. The third-order valence-corrected chi connectivity index (χ3v) is 4.41. The predicted octanol–water partition coefficient (Wildman–Crippen LogP) is 2.50. The van der Waals surface area contributed by atoms with Crippen LogP contribution in [0.2, 0.25) is 0 Å². The standard InChI is InChI=1S/C19H23FN4O/c1-21-18(23-10-11-25-17-6-3-9-22-13-17)24-14-19(7-8-19)15-4-2-5-16(20)12-15/h2-6,9,12-13H,7-8,10-11,14H2,1H3,(H2,21,23,24). The number of nitrogens with zero attached hydrogens (tertiary/aromatic N) is 2. The molecule has 5 nitrogen and oxygen atoms in total. The Morgan fingerprint density at radius 1 is 1.28 bits per heavy atom. The maximum atomic E-state index is 13.5. The first-order valence-corrected chi connectivity index (χ1v) is 8.45. The van der Waals surface area contributed by atoms with Gasteiger partial charge in [0, 0.05) is 25.2 Å². The molecule has 1 heterocycles. The molecule has 2 N–H and O–H groups in total. The van der Waals surface area contributed by atoms with E-state index < -0.39 is 0 Å². The lowest BCUT2D eigenvalue weighted by Gasteiger charge is -2.19. The molecular formula is C19H23FN4O. The number of hydrogen-bond donors (Lipinski definition) is 2. The third kappa shape index (κ3) is 4.68. The largest absolute Gasteiger partial charge is 0.490 e. The highest BCUT2D eigenvalue weighted by atomic mass is 19.1. The van der Waals surface area contributed by atoms with Crippen LogP contribution in [0.3, 0.4) is 0 Å². The SMILES string of the molecule is CN=C(NCCOc1cccnc1)NCC1(c2cccc(F)c2)CC1. The highest BCUT2D eigenvalue weighted by Gasteiger charge is 2.44. The highest BCUT2D eigenvalue weighted by molar-refractivity contribution is 5.79. The number of hydrogen-bond acceptors (Lipinski definition) is 3. The Balaban J connectivity index is 1.44. The van der Waals surface area contributed by atoms with E-state index in [1.54, 1.807) is 31.6 Å². The van der Waals surface area contributed by atoms with Gasteiger partial charge in [0.15, 0.2) is 5.96 Å². The molecule has 1 aliphatic rings. The van der Waals surface area contributed by atoms with E-state index in [-0.39, 0.29) is 11.2 Å². The molecule has 1 saturated carbocycles. The van der Waals surface area contributed by atoms with Crippen LogP contribution in [0.4, 0.5) is 4.39 Å². The van der Waals surface area contributed by atoms with Gasteiger partial charge in [0.2, 0.25) is 0 Å². The van der Waals surface area contributed by atoms with Crippen LogP contribution in [0.5, 0.6) is 5.75 Å². The molecule has 2 aromatic rings. The highest BCUT2D eigenvalue weighted by Crippen LogP contribution is 2.47. The monoisotopic (exact) mass is 342 g/mol. The lowest BCUT2D eigenvalue weighted by atomic mass is 9.96. The number of aliphatic imine (C=N–C) groups is 1. The first kappa shape index (κ1) is 17.2. The van der Waals surface area contributed by atoms with E-state index >= 15 is 0 Å². The van der Waals surface area contributed by atoms with Crippen LogP contribution in [-0.4, -0.2) is 37.7 Å². The molecule has 0 amide bonds. The summed E-state index contributed by atoms with van der Waals surface area (Å²) in [4.78, 5) is 8.23. The molecule has 1 aromatic carbocycles. The molecule has 0 spiro atoms. The molecular weight excluding hydrogens is 319 g/mol. The molecule has 6 heteroatoms. The van der Waals surface area contributed by atoms with Crippen molar-refractivity contribution < 1.29 is 9.13 Å². The fourth-order valence-electron chi connectivity index (χ4n) is 2.78. The van der Waals surface area contributed by atoms with Gasteiger partial charge in [-0.1, -0.05) is 12.1 Å². The van der Waals surface area contributed by atoms with Crippen LogP contribution in [0.25, 0.3) is 0 Å². The van der Waals surface area contributed by atoms with E-state index in [9.17, 15) is 4.39 Å². The molecule has 132 valence electrons. The van der Waals surface area contributed by atoms with Gasteiger partial charge in [0.05, 0.1) is 12.7 Å². The average molecular weight is 342 g/mol. The van der Waals surface area contributed by atoms with Crippen molar-refractivity contribution >= 4 is 5.96 Å². The van der Waals surface area contributed by atoms with Crippen molar-refractivity contribution in [2.24, 2.45) is 4.99 Å². The van der Waals surface area contributed by atoms with Gasteiger partial charge in [-0.05, 0) is 42.7 Å². The maximum Gasteiger partial charge on any atom is 0.191 e. The number of ether oxygens (including phenoxy) is 1. The summed E-state index contributed by atoms with van der Waals surface area (Å²) in [6.07, 6.45) is 5.52. The molecule has 3 rings (SSSR count). The van der Waals surface area contributed by atoms with Gasteiger partial charge >= 0.3 is 0 Å². The second kappa shape index (κ2) is 7.96. The number of rotatable bonds is 7. The fourth-order valence-corrected chi connectivity index (χ4v) is 2.78. The van der Waals surface area contributed by atoms with Gasteiger partial charge in [-0.25, -0.2) is 4.39 Å². The van der Waals surface area contributed by atoms with Gasteiger partial charge in [0.1, 0.15) is 18.2 Å². The molecule has 0 bridgehead atoms. The first-order valence-electron chi connectivity index (χ1n) is 8.45. The Hall–Kier alpha value is -2.63. The number of guanidine groups is 1. The van der Waals surface area contributed by atoms with Crippen molar-refractivity contribution in [1.29, 1.82) is 0 Å². The van der Waals surface area contributed by atoms with Crippen molar-refractivity contribution in [1.82, 2.24) is 15.6 Å². The second-order valence-corrected chi connectivity index (χ2v) is 6.18. The first-order chi connectivity index (χ1) is 12.2. The van der Waals surface area contributed by atoms with Crippen molar-refractivity contribution in [2.75, 3.05) is 26.7 Å². The van der Waals surface area contributed by atoms with Gasteiger partial charge in [-0.2, -0.15) is 0 Å². The number of nitrogens with one attached hydrogen (secondary N) is 2. The van der Waals surface area contributed by atoms with Crippen LogP contribution in [0, 0.1) is 5.82 Å². The maximum absolute atomic E-state index is 13.5. The molecule has 0 unspecified atom stereocenters. The summed E-state index contributed by atoms with van der Waals surface area (Å²) in [5.41, 5.74) is 1.07. The molecule has 1 fully saturated rings. The lowest BCUT2D eigenvalue weighted by Crippen LogP contribution is -2.42. The third-order valence-electron chi connectivity index (χ3n) is 4.41. The van der Waals surface area contributed by atoms with Gasteiger partial charge < -0.3 is 15.4 Å². The van der Waals surface area contributed by atoms with Gasteiger partial charge in [-0.3, -0.25) is 9.98 Å². The van der Waals surface area contributed by atoms with E-state index in [2.05, 4.69) is 20.6 Å². The zero-order chi connectivity index (χ0) is 17.5. The van der Waals surface area contributed by atoms with Crippen molar-refractivity contribution in [3.63, 3.8) is 0 Å². The van der Waals surface area contributed by atoms with Gasteiger partial charge in [0.25, 0.3) is 0 Å². The van der Waals surface area contributed by atoms with E-state index in [0.717, 1.165) is 36.7 Å². The summed E-state index contributed by atoms with van der Waals surface area (Å²) in [7, 11) is 1.74. The quantitative estimate of drug-likeness (QED) is 0.461. The summed E-state index contributed by atoms with van der Waals surface area (Å²) in [6.45, 7) is 1.88. The summed E-state index contributed by atoms with van der Waals surface area (Å²) >= 11 is 0. The molecule has 0 saturated heterocycles. The van der Waals surface area contributed by atoms with Gasteiger partial charge in [-0.15, -0.1) is 0 Å². The van der Waals surface area contributed by atoms with Crippen molar-refractivity contribution in [2.45, 2.75) is 18.3 Å². The molecule has 1 aromatic heterocycles. The van der Waals surface area contributed by atoms with Crippen LogP contribution in [0.1, 0.15) is 18.4 Å². The zero-order valence-electron chi connectivity index (χ0n) is 14.3. The van der Waals surface area contributed by atoms with Crippen LogP contribution in [-0.2, 0) is 5.41 Å². The Bertz CT molecular complexity index is 716. The number of halogens is 1. The topological polar surface area (TPSA) is 58.5 Å². The summed E-state index contributed by atoms with van der Waals surface area (Å²) in [5.74, 6) is 1.28. The number of aromatic nitrogens is 1. The Kier molecular flexibility index (Phi) is 5.48. The number of benzene rings is 1. The summed E-state index contributed by atoms with van der Waals surface area (Å²) < 4.78 is 19.1. The van der Waals surface area contributed by atoms with Crippen LogP contribution < -0.4 is 15.4 Å². The van der Waals surface area contributed by atoms with E-state index in [1.165, 1.54) is 6.07 Å². The minimum atomic E-state index is -0.182.